The largest absolute Gasteiger partial charge is 0.573 e. The summed E-state index contributed by atoms with van der Waals surface area (Å²) < 4.78 is 44.3. The highest BCUT2D eigenvalue weighted by Gasteiger charge is 2.32. The highest BCUT2D eigenvalue weighted by molar-refractivity contribution is 9.10. The third kappa shape index (κ3) is 3.31. The Hall–Kier alpha value is -2.56. The number of hydrogen-bond donors (Lipinski definition) is 1. The molecule has 0 aliphatic heterocycles. The van der Waals surface area contributed by atoms with Crippen molar-refractivity contribution in [2.45, 2.75) is 12.9 Å². The first kappa shape index (κ1) is 17.3. The molecule has 0 saturated carbocycles. The standard InChI is InChI=1S/C14H10BrF3N4O3/c1-21-10-9(11(23)20-13(21)24)22(12(15)19-10)6-7-4-2-3-5-8(7)25-14(16,17)18/h2-5H,6H2,1H3,(H,20,23,24). The molecule has 2 aromatic heterocycles. The Morgan fingerprint density at radius 3 is 2.64 bits per heavy atom. The zero-order chi connectivity index (χ0) is 18.4. The van der Waals surface area contributed by atoms with E-state index in [1.54, 1.807) is 6.07 Å². The first-order valence-electron chi connectivity index (χ1n) is 6.86. The number of halogens is 4. The minimum atomic E-state index is -4.84. The second-order valence-corrected chi connectivity index (χ2v) is 5.82. The number of nitrogens with zero attached hydrogens (tertiary/aromatic N) is 3. The van der Waals surface area contributed by atoms with Gasteiger partial charge < -0.3 is 9.30 Å². The van der Waals surface area contributed by atoms with Crippen LogP contribution in [0, 0.1) is 0 Å². The number of imidazole rings is 1. The first-order valence-corrected chi connectivity index (χ1v) is 7.65. The van der Waals surface area contributed by atoms with Gasteiger partial charge in [-0.2, -0.15) is 0 Å². The Morgan fingerprint density at radius 1 is 1.28 bits per heavy atom. The third-order valence-electron chi connectivity index (χ3n) is 3.49. The fourth-order valence-electron chi connectivity index (χ4n) is 2.38. The van der Waals surface area contributed by atoms with E-state index in [2.05, 4.69) is 30.6 Å². The Kier molecular flexibility index (Phi) is 4.19. The number of fused-ring (bicyclic) bond motifs is 1. The lowest BCUT2D eigenvalue weighted by atomic mass is 10.2. The lowest BCUT2D eigenvalue weighted by Gasteiger charge is -2.14. The van der Waals surface area contributed by atoms with Gasteiger partial charge in [0.25, 0.3) is 5.56 Å². The van der Waals surface area contributed by atoms with Gasteiger partial charge in [-0.15, -0.1) is 13.2 Å². The molecule has 0 unspecified atom stereocenters. The normalized spacial score (nSPS) is 11.9. The summed E-state index contributed by atoms with van der Waals surface area (Å²) in [6, 6.07) is 5.57. The second-order valence-electron chi connectivity index (χ2n) is 5.11. The molecule has 11 heteroatoms. The number of alkyl halides is 3. The van der Waals surface area contributed by atoms with Gasteiger partial charge in [0.15, 0.2) is 15.9 Å². The Labute approximate surface area is 145 Å². The predicted octanol–water partition coefficient (Wildman–Crippen LogP) is 2.13. The van der Waals surface area contributed by atoms with Crippen LogP contribution in [0.15, 0.2) is 38.6 Å². The molecule has 0 spiro atoms. The Bertz CT molecular complexity index is 1070. The molecule has 7 nitrogen and oxygen atoms in total. The number of aryl methyl sites for hydroxylation is 1. The molecule has 1 aromatic carbocycles. The van der Waals surface area contributed by atoms with Crippen molar-refractivity contribution >= 4 is 27.1 Å². The highest BCUT2D eigenvalue weighted by atomic mass is 79.9. The van der Waals surface area contributed by atoms with Crippen molar-refractivity contribution in [1.29, 1.82) is 0 Å². The van der Waals surface area contributed by atoms with Gasteiger partial charge in [-0.1, -0.05) is 18.2 Å². The van der Waals surface area contributed by atoms with Crippen molar-refractivity contribution < 1.29 is 17.9 Å². The zero-order valence-electron chi connectivity index (χ0n) is 12.6. The van der Waals surface area contributed by atoms with Gasteiger partial charge in [0.2, 0.25) is 0 Å². The number of aromatic nitrogens is 4. The lowest BCUT2D eigenvalue weighted by Crippen LogP contribution is -2.29. The number of nitrogens with one attached hydrogen (secondary N) is 1. The lowest BCUT2D eigenvalue weighted by molar-refractivity contribution is -0.274. The smallest absolute Gasteiger partial charge is 0.405 e. The zero-order valence-corrected chi connectivity index (χ0v) is 14.2. The van der Waals surface area contributed by atoms with Crippen LogP contribution in [-0.2, 0) is 13.6 Å². The van der Waals surface area contributed by atoms with E-state index in [-0.39, 0.29) is 33.8 Å². The molecule has 3 aromatic rings. The monoisotopic (exact) mass is 418 g/mol. The van der Waals surface area contributed by atoms with Gasteiger partial charge in [0, 0.05) is 12.6 Å². The van der Waals surface area contributed by atoms with E-state index in [0.717, 1.165) is 4.57 Å². The first-order chi connectivity index (χ1) is 11.7. The Balaban J connectivity index is 2.15. The number of ether oxygens (including phenoxy) is 1. The summed E-state index contributed by atoms with van der Waals surface area (Å²) in [4.78, 5) is 30.0. The van der Waals surface area contributed by atoms with Crippen LogP contribution in [0.4, 0.5) is 13.2 Å². The molecule has 0 fully saturated rings. The molecule has 0 amide bonds. The van der Waals surface area contributed by atoms with Crippen molar-refractivity contribution in [2.24, 2.45) is 7.05 Å². The van der Waals surface area contributed by atoms with Gasteiger partial charge in [-0.05, 0) is 22.0 Å². The molecular formula is C14H10BrF3N4O3. The molecular weight excluding hydrogens is 409 g/mol. The van der Waals surface area contributed by atoms with Crippen LogP contribution in [0.5, 0.6) is 5.75 Å². The van der Waals surface area contributed by atoms with Crippen LogP contribution in [0.2, 0.25) is 0 Å². The number of para-hydroxylation sites is 1. The SMILES string of the molecule is Cn1c(=O)[nH]c(=O)c2c1nc(Br)n2Cc1ccccc1OC(F)(F)F. The fourth-order valence-corrected chi connectivity index (χ4v) is 2.85. The van der Waals surface area contributed by atoms with E-state index < -0.39 is 17.6 Å². The number of rotatable bonds is 3. The highest BCUT2D eigenvalue weighted by Crippen LogP contribution is 2.28. The van der Waals surface area contributed by atoms with Crippen molar-refractivity contribution in [3.05, 3.63) is 55.4 Å². The summed E-state index contributed by atoms with van der Waals surface area (Å²) >= 11 is 3.17. The average molecular weight is 419 g/mol. The molecule has 1 N–H and O–H groups in total. The predicted molar refractivity (Wildman–Crippen MR) is 85.5 cm³/mol. The van der Waals surface area contributed by atoms with Gasteiger partial charge in [-0.3, -0.25) is 14.3 Å². The van der Waals surface area contributed by atoms with Crippen molar-refractivity contribution in [3.8, 4) is 5.75 Å². The average Bonchev–Trinajstić information content (AvgIpc) is 2.83. The maximum atomic E-state index is 12.6. The van der Waals surface area contributed by atoms with E-state index in [1.807, 2.05) is 0 Å². The molecule has 0 aliphatic rings. The van der Waals surface area contributed by atoms with Crippen LogP contribution in [0.1, 0.15) is 5.56 Å². The van der Waals surface area contributed by atoms with Crippen LogP contribution in [-0.4, -0.2) is 25.5 Å². The van der Waals surface area contributed by atoms with Gasteiger partial charge in [-0.25, -0.2) is 9.78 Å². The molecule has 2 heterocycles. The van der Waals surface area contributed by atoms with Crippen LogP contribution >= 0.6 is 15.9 Å². The third-order valence-corrected chi connectivity index (χ3v) is 4.09. The summed E-state index contributed by atoms with van der Waals surface area (Å²) in [5.74, 6) is -0.384. The molecule has 0 bridgehead atoms. The van der Waals surface area contributed by atoms with Crippen molar-refractivity contribution in [3.63, 3.8) is 0 Å². The fraction of sp³-hybridized carbons (Fsp3) is 0.214. The van der Waals surface area contributed by atoms with Crippen LogP contribution in [0.25, 0.3) is 11.2 Å². The van der Waals surface area contributed by atoms with E-state index in [4.69, 9.17) is 0 Å². The second kappa shape index (κ2) is 6.06. The van der Waals surface area contributed by atoms with E-state index in [1.165, 1.54) is 29.8 Å². The number of aromatic amines is 1. The summed E-state index contributed by atoms with van der Waals surface area (Å²) in [6.07, 6.45) is -4.84. The van der Waals surface area contributed by atoms with E-state index >= 15 is 0 Å². The maximum absolute atomic E-state index is 12.6. The van der Waals surface area contributed by atoms with E-state index in [9.17, 15) is 22.8 Å². The number of benzene rings is 1. The maximum Gasteiger partial charge on any atom is 0.573 e. The molecule has 0 radical (unpaired) electrons. The summed E-state index contributed by atoms with van der Waals surface area (Å²) in [5.41, 5.74) is -0.986. The van der Waals surface area contributed by atoms with Crippen molar-refractivity contribution in [2.75, 3.05) is 0 Å². The Morgan fingerprint density at radius 2 is 1.96 bits per heavy atom. The molecule has 0 saturated heterocycles. The number of hydrogen-bond acceptors (Lipinski definition) is 4. The minimum absolute atomic E-state index is 0.0517. The van der Waals surface area contributed by atoms with Gasteiger partial charge in [0.05, 0.1) is 6.54 Å². The molecule has 0 aliphatic carbocycles. The van der Waals surface area contributed by atoms with Crippen molar-refractivity contribution in [1.82, 2.24) is 19.1 Å². The molecule has 0 atom stereocenters. The van der Waals surface area contributed by atoms with Crippen LogP contribution in [0.3, 0.4) is 0 Å². The molecule has 25 heavy (non-hydrogen) atoms. The number of H-pyrrole nitrogens is 1. The van der Waals surface area contributed by atoms with E-state index in [0.29, 0.717) is 0 Å². The molecule has 3 rings (SSSR count). The van der Waals surface area contributed by atoms with Gasteiger partial charge in [0.1, 0.15) is 5.75 Å². The van der Waals surface area contributed by atoms with Gasteiger partial charge >= 0.3 is 12.1 Å². The summed E-state index contributed by atoms with van der Waals surface area (Å²) in [6.45, 7) is -0.120. The minimum Gasteiger partial charge on any atom is -0.405 e. The van der Waals surface area contributed by atoms with Crippen LogP contribution < -0.4 is 16.0 Å². The quantitative estimate of drug-likeness (QED) is 0.660. The summed E-state index contributed by atoms with van der Waals surface area (Å²) in [5, 5.41) is 0. The summed E-state index contributed by atoms with van der Waals surface area (Å²) in [7, 11) is 1.42. The topological polar surface area (TPSA) is 81.9 Å². The molecule has 132 valence electrons.